The molecule has 0 aromatic heterocycles. The van der Waals surface area contributed by atoms with Crippen molar-refractivity contribution in [3.63, 3.8) is 0 Å². The summed E-state index contributed by atoms with van der Waals surface area (Å²) in [5, 5.41) is 7.00. The molecular formula is C22H38N4O. The molecule has 152 valence electrons. The van der Waals surface area contributed by atoms with Gasteiger partial charge in [-0.25, -0.2) is 0 Å². The van der Waals surface area contributed by atoms with Gasteiger partial charge in [-0.05, 0) is 38.7 Å². The Morgan fingerprint density at radius 3 is 2.74 bits per heavy atom. The van der Waals surface area contributed by atoms with Gasteiger partial charge in [0.25, 0.3) is 0 Å². The van der Waals surface area contributed by atoms with Crippen LogP contribution in [0.5, 0.6) is 0 Å². The number of aliphatic imine (C=N–C) groups is 1. The molecule has 5 nitrogen and oxygen atoms in total. The second-order valence-electron chi connectivity index (χ2n) is 7.40. The number of rotatable bonds is 10. The number of guanidine groups is 1. The number of piperidine rings is 1. The Morgan fingerprint density at radius 2 is 2.04 bits per heavy atom. The summed E-state index contributed by atoms with van der Waals surface area (Å²) in [6.07, 6.45) is 4.59. The van der Waals surface area contributed by atoms with Crippen LogP contribution < -0.4 is 10.6 Å². The zero-order valence-electron chi connectivity index (χ0n) is 17.4. The lowest BCUT2D eigenvalue weighted by atomic mass is 9.97. The monoisotopic (exact) mass is 374 g/mol. The molecule has 2 N–H and O–H groups in total. The number of ether oxygens (including phenoxy) is 1. The Kier molecular flexibility index (Phi) is 10.2. The second-order valence-corrected chi connectivity index (χ2v) is 7.40. The van der Waals surface area contributed by atoms with E-state index in [1.165, 1.54) is 12.0 Å². The van der Waals surface area contributed by atoms with Crippen molar-refractivity contribution in [3.8, 4) is 0 Å². The molecule has 2 rings (SSSR count). The highest BCUT2D eigenvalue weighted by Gasteiger charge is 2.25. The van der Waals surface area contributed by atoms with Crippen LogP contribution in [0, 0.1) is 0 Å². The lowest BCUT2D eigenvalue weighted by Crippen LogP contribution is -2.51. The van der Waals surface area contributed by atoms with Gasteiger partial charge in [-0.15, -0.1) is 0 Å². The van der Waals surface area contributed by atoms with Gasteiger partial charge >= 0.3 is 0 Å². The van der Waals surface area contributed by atoms with Gasteiger partial charge in [0.2, 0.25) is 0 Å². The van der Waals surface area contributed by atoms with E-state index in [0.29, 0.717) is 25.2 Å². The van der Waals surface area contributed by atoms with E-state index in [9.17, 15) is 0 Å². The van der Waals surface area contributed by atoms with E-state index in [-0.39, 0.29) is 0 Å². The summed E-state index contributed by atoms with van der Waals surface area (Å²) in [5.74, 6) is 0.922. The fraction of sp³-hybridized carbons (Fsp3) is 0.682. The third-order valence-electron chi connectivity index (χ3n) is 5.08. The zero-order chi connectivity index (χ0) is 19.3. The van der Waals surface area contributed by atoms with Crippen molar-refractivity contribution in [1.29, 1.82) is 0 Å². The molecule has 1 heterocycles. The summed E-state index contributed by atoms with van der Waals surface area (Å²) in [6.45, 7) is 11.9. The molecule has 1 aliphatic rings. The Balaban J connectivity index is 1.76. The van der Waals surface area contributed by atoms with Crippen LogP contribution in [0.15, 0.2) is 35.3 Å². The summed E-state index contributed by atoms with van der Waals surface area (Å²) in [6, 6.07) is 11.8. The van der Waals surface area contributed by atoms with Crippen LogP contribution in [-0.2, 0) is 11.3 Å². The number of likely N-dealkylation sites (tertiary alicyclic amines) is 1. The molecule has 5 heteroatoms. The molecule has 2 atom stereocenters. The molecule has 1 fully saturated rings. The van der Waals surface area contributed by atoms with Crippen molar-refractivity contribution in [1.82, 2.24) is 15.5 Å². The van der Waals surface area contributed by atoms with Gasteiger partial charge in [0.05, 0.1) is 13.2 Å². The third-order valence-corrected chi connectivity index (χ3v) is 5.08. The fourth-order valence-electron chi connectivity index (χ4n) is 3.49. The first-order chi connectivity index (χ1) is 13.2. The number of hydrogen-bond donors (Lipinski definition) is 2. The number of hydrogen-bond acceptors (Lipinski definition) is 3. The van der Waals surface area contributed by atoms with Crippen molar-refractivity contribution >= 4 is 5.96 Å². The minimum atomic E-state index is 0.478. The quantitative estimate of drug-likeness (QED) is 0.374. The van der Waals surface area contributed by atoms with Gasteiger partial charge < -0.3 is 15.4 Å². The molecule has 0 amide bonds. The van der Waals surface area contributed by atoms with Gasteiger partial charge in [-0.2, -0.15) is 0 Å². The normalized spacial score (nSPS) is 21.2. The molecule has 1 saturated heterocycles. The topological polar surface area (TPSA) is 48.9 Å². The fourth-order valence-corrected chi connectivity index (χ4v) is 3.49. The smallest absolute Gasteiger partial charge is 0.191 e. The molecule has 0 aliphatic carbocycles. The van der Waals surface area contributed by atoms with Gasteiger partial charge in [-0.1, -0.05) is 43.7 Å². The Morgan fingerprint density at radius 1 is 1.22 bits per heavy atom. The highest BCUT2D eigenvalue weighted by atomic mass is 16.5. The maximum atomic E-state index is 5.61. The molecule has 1 aliphatic heterocycles. The molecule has 1 aromatic rings. The van der Waals surface area contributed by atoms with Crippen molar-refractivity contribution < 1.29 is 4.74 Å². The molecule has 27 heavy (non-hydrogen) atoms. The predicted octanol–water partition coefficient (Wildman–Crippen LogP) is 3.41. The summed E-state index contributed by atoms with van der Waals surface area (Å²) in [5.41, 5.74) is 1.40. The number of benzene rings is 1. The van der Waals surface area contributed by atoms with Crippen molar-refractivity contribution in [3.05, 3.63) is 35.9 Å². The van der Waals surface area contributed by atoms with Crippen molar-refractivity contribution in [2.24, 2.45) is 4.99 Å². The second kappa shape index (κ2) is 12.7. The van der Waals surface area contributed by atoms with Crippen LogP contribution in [0.2, 0.25) is 0 Å². The lowest BCUT2D eigenvalue weighted by molar-refractivity contribution is 0.133. The standard InChI is InChI=1S/C22H38N4O/c1-4-6-15-27-16-13-24-22(23-5-2)25-21-12-14-26(19(3)17-21)18-20-10-8-7-9-11-20/h7-11,19,21H,4-6,12-18H2,1-3H3,(H2,23,24,25). The largest absolute Gasteiger partial charge is 0.380 e. The van der Waals surface area contributed by atoms with E-state index >= 15 is 0 Å². The van der Waals surface area contributed by atoms with Crippen LogP contribution in [0.1, 0.15) is 52.0 Å². The summed E-state index contributed by atoms with van der Waals surface area (Å²) in [7, 11) is 0. The maximum Gasteiger partial charge on any atom is 0.191 e. The van der Waals surface area contributed by atoms with E-state index in [2.05, 4.69) is 71.6 Å². The van der Waals surface area contributed by atoms with E-state index < -0.39 is 0 Å². The number of nitrogens with zero attached hydrogens (tertiary/aromatic N) is 2. The Hall–Kier alpha value is -1.59. The van der Waals surface area contributed by atoms with Gasteiger partial charge in [0.1, 0.15) is 0 Å². The molecule has 0 bridgehead atoms. The van der Waals surface area contributed by atoms with E-state index in [4.69, 9.17) is 4.74 Å². The number of unbranched alkanes of at least 4 members (excludes halogenated alkanes) is 1. The first kappa shape index (κ1) is 21.7. The van der Waals surface area contributed by atoms with Crippen LogP contribution in [-0.4, -0.2) is 55.8 Å². The van der Waals surface area contributed by atoms with Gasteiger partial charge in [0, 0.05) is 38.3 Å². The lowest BCUT2D eigenvalue weighted by Gasteiger charge is -2.38. The predicted molar refractivity (Wildman–Crippen MR) is 114 cm³/mol. The van der Waals surface area contributed by atoms with Crippen LogP contribution in [0.4, 0.5) is 0 Å². The molecule has 0 spiro atoms. The highest BCUT2D eigenvalue weighted by Crippen LogP contribution is 2.19. The van der Waals surface area contributed by atoms with E-state index in [1.54, 1.807) is 0 Å². The zero-order valence-corrected chi connectivity index (χ0v) is 17.4. The SMILES string of the molecule is CCCCOCCN=C(NCC)NC1CCN(Cc2ccccc2)C(C)C1. The van der Waals surface area contributed by atoms with Crippen LogP contribution in [0.3, 0.4) is 0 Å². The van der Waals surface area contributed by atoms with Crippen molar-refractivity contribution in [2.45, 2.75) is 65.1 Å². The minimum Gasteiger partial charge on any atom is -0.380 e. The summed E-state index contributed by atoms with van der Waals surface area (Å²) < 4.78 is 5.61. The minimum absolute atomic E-state index is 0.478. The van der Waals surface area contributed by atoms with E-state index in [0.717, 1.165) is 51.5 Å². The van der Waals surface area contributed by atoms with Crippen LogP contribution >= 0.6 is 0 Å². The van der Waals surface area contributed by atoms with Crippen molar-refractivity contribution in [2.75, 3.05) is 32.8 Å². The average Bonchev–Trinajstić information content (AvgIpc) is 2.67. The first-order valence-electron chi connectivity index (χ1n) is 10.6. The summed E-state index contributed by atoms with van der Waals surface area (Å²) in [4.78, 5) is 7.26. The molecule has 0 saturated carbocycles. The highest BCUT2D eigenvalue weighted by molar-refractivity contribution is 5.80. The Labute approximate surface area is 165 Å². The molecule has 1 aromatic carbocycles. The van der Waals surface area contributed by atoms with E-state index in [1.807, 2.05) is 0 Å². The maximum absolute atomic E-state index is 5.61. The number of nitrogens with one attached hydrogen (secondary N) is 2. The van der Waals surface area contributed by atoms with Gasteiger partial charge in [-0.3, -0.25) is 9.89 Å². The molecule has 0 radical (unpaired) electrons. The van der Waals surface area contributed by atoms with Gasteiger partial charge in [0.15, 0.2) is 5.96 Å². The average molecular weight is 375 g/mol. The third kappa shape index (κ3) is 8.31. The Bertz CT molecular complexity index is 534. The summed E-state index contributed by atoms with van der Waals surface area (Å²) >= 11 is 0. The molecule has 2 unspecified atom stereocenters. The molecular weight excluding hydrogens is 336 g/mol. The van der Waals surface area contributed by atoms with Crippen LogP contribution in [0.25, 0.3) is 0 Å². The first-order valence-corrected chi connectivity index (χ1v) is 10.6.